The van der Waals surface area contributed by atoms with Gasteiger partial charge in [-0.15, -0.1) is 0 Å². The predicted octanol–water partition coefficient (Wildman–Crippen LogP) is 2.15. The molecule has 2 rings (SSSR count). The van der Waals surface area contributed by atoms with Gasteiger partial charge in [0.15, 0.2) is 11.6 Å². The quantitative estimate of drug-likeness (QED) is 0.884. The standard InChI is InChI=1S/C11H10F3N3O3S/c12-11(13,14)7-20-9-4-2-1-3-8(9)17-21(18,19)10-5-6-15-16-10/h1-6,17H,7H2,(H,15,16). The van der Waals surface area contributed by atoms with Gasteiger partial charge in [-0.2, -0.15) is 26.7 Å². The van der Waals surface area contributed by atoms with Crippen LogP contribution in [0.25, 0.3) is 0 Å². The van der Waals surface area contributed by atoms with E-state index in [9.17, 15) is 21.6 Å². The molecule has 0 aliphatic heterocycles. The van der Waals surface area contributed by atoms with Gasteiger partial charge in [-0.1, -0.05) is 12.1 Å². The molecule has 21 heavy (non-hydrogen) atoms. The molecule has 0 spiro atoms. The second-order valence-corrected chi connectivity index (χ2v) is 5.58. The summed E-state index contributed by atoms with van der Waals surface area (Å²) in [5.41, 5.74) is -0.101. The fourth-order valence-corrected chi connectivity index (χ4v) is 2.41. The zero-order valence-corrected chi connectivity index (χ0v) is 11.2. The highest BCUT2D eigenvalue weighted by Crippen LogP contribution is 2.28. The number of para-hydroxylation sites is 2. The molecule has 10 heteroatoms. The molecule has 0 radical (unpaired) electrons. The number of rotatable bonds is 5. The molecule has 1 heterocycles. The van der Waals surface area contributed by atoms with Crippen molar-refractivity contribution in [2.45, 2.75) is 11.2 Å². The molecule has 0 aliphatic rings. The van der Waals surface area contributed by atoms with Crippen LogP contribution in [0.15, 0.2) is 41.6 Å². The van der Waals surface area contributed by atoms with E-state index in [1.54, 1.807) is 0 Å². The van der Waals surface area contributed by atoms with Gasteiger partial charge >= 0.3 is 6.18 Å². The summed E-state index contributed by atoms with van der Waals surface area (Å²) in [4.78, 5) is 0. The summed E-state index contributed by atoms with van der Waals surface area (Å²) >= 11 is 0. The maximum absolute atomic E-state index is 12.2. The van der Waals surface area contributed by atoms with Gasteiger partial charge in [-0.05, 0) is 18.2 Å². The number of ether oxygens (including phenoxy) is 1. The molecule has 0 saturated carbocycles. The third-order valence-electron chi connectivity index (χ3n) is 2.29. The third kappa shape index (κ3) is 4.12. The van der Waals surface area contributed by atoms with Crippen LogP contribution in [0.3, 0.4) is 0 Å². The molecule has 0 amide bonds. The number of hydrogen-bond acceptors (Lipinski definition) is 4. The highest BCUT2D eigenvalue weighted by Gasteiger charge is 2.29. The van der Waals surface area contributed by atoms with Gasteiger partial charge < -0.3 is 4.74 Å². The van der Waals surface area contributed by atoms with E-state index in [2.05, 4.69) is 19.7 Å². The monoisotopic (exact) mass is 321 g/mol. The summed E-state index contributed by atoms with van der Waals surface area (Å²) in [6.07, 6.45) is -3.28. The third-order valence-corrected chi connectivity index (χ3v) is 3.58. The lowest BCUT2D eigenvalue weighted by molar-refractivity contribution is -0.153. The molecule has 114 valence electrons. The molecule has 1 aromatic heterocycles. The van der Waals surface area contributed by atoms with Crippen molar-refractivity contribution in [3.05, 3.63) is 36.5 Å². The topological polar surface area (TPSA) is 84.1 Å². The highest BCUT2D eigenvalue weighted by molar-refractivity contribution is 7.92. The van der Waals surface area contributed by atoms with Crippen molar-refractivity contribution in [1.29, 1.82) is 0 Å². The molecule has 0 fully saturated rings. The van der Waals surface area contributed by atoms with Gasteiger partial charge in [0.2, 0.25) is 0 Å². The molecule has 2 aromatic rings. The van der Waals surface area contributed by atoms with Crippen LogP contribution in [-0.2, 0) is 10.0 Å². The average molecular weight is 321 g/mol. The number of nitrogens with one attached hydrogen (secondary N) is 2. The molecule has 0 aliphatic carbocycles. The first-order chi connectivity index (χ1) is 9.78. The van der Waals surface area contributed by atoms with Crippen molar-refractivity contribution in [3.63, 3.8) is 0 Å². The largest absolute Gasteiger partial charge is 0.482 e. The molecule has 0 atom stereocenters. The van der Waals surface area contributed by atoms with Crippen molar-refractivity contribution < 1.29 is 26.3 Å². The van der Waals surface area contributed by atoms with Crippen LogP contribution >= 0.6 is 0 Å². The Balaban J connectivity index is 2.21. The summed E-state index contributed by atoms with van der Waals surface area (Å²) in [5, 5.41) is 5.53. The highest BCUT2D eigenvalue weighted by atomic mass is 32.2. The number of benzene rings is 1. The van der Waals surface area contributed by atoms with Gasteiger partial charge in [-0.3, -0.25) is 9.82 Å². The molecular formula is C11H10F3N3O3S. The van der Waals surface area contributed by atoms with Crippen molar-refractivity contribution in [2.24, 2.45) is 0 Å². The van der Waals surface area contributed by atoms with E-state index in [0.29, 0.717) is 0 Å². The summed E-state index contributed by atoms with van der Waals surface area (Å²) in [7, 11) is -3.98. The lowest BCUT2D eigenvalue weighted by Gasteiger charge is -2.14. The molecule has 2 N–H and O–H groups in total. The fourth-order valence-electron chi connectivity index (χ4n) is 1.43. The lowest BCUT2D eigenvalue weighted by atomic mass is 10.3. The van der Waals surface area contributed by atoms with Crippen molar-refractivity contribution in [2.75, 3.05) is 11.3 Å². The van der Waals surface area contributed by atoms with Crippen molar-refractivity contribution >= 4 is 15.7 Å². The minimum absolute atomic E-state index is 0.101. The van der Waals surface area contributed by atoms with Crippen LogP contribution in [0, 0.1) is 0 Å². The van der Waals surface area contributed by atoms with E-state index in [4.69, 9.17) is 0 Å². The number of H-pyrrole nitrogens is 1. The van der Waals surface area contributed by atoms with E-state index in [-0.39, 0.29) is 16.5 Å². The first-order valence-corrected chi connectivity index (χ1v) is 7.07. The smallest absolute Gasteiger partial charge is 0.422 e. The van der Waals surface area contributed by atoms with E-state index in [1.807, 2.05) is 0 Å². The molecular weight excluding hydrogens is 311 g/mol. The van der Waals surface area contributed by atoms with E-state index in [1.165, 1.54) is 36.5 Å². The maximum atomic E-state index is 12.2. The zero-order chi connectivity index (χ0) is 15.5. The second-order valence-electron chi connectivity index (χ2n) is 3.93. The number of anilines is 1. The minimum Gasteiger partial charge on any atom is -0.482 e. The Bertz CT molecular complexity index is 699. The van der Waals surface area contributed by atoms with Crippen LogP contribution in [0.2, 0.25) is 0 Å². The van der Waals surface area contributed by atoms with E-state index in [0.717, 1.165) is 0 Å². The summed E-state index contributed by atoms with van der Waals surface area (Å²) in [6, 6.07) is 6.63. The average Bonchev–Trinajstić information content (AvgIpc) is 2.91. The number of sulfonamides is 1. The Hall–Kier alpha value is -2.23. The van der Waals surface area contributed by atoms with Gasteiger partial charge in [-0.25, -0.2) is 0 Å². The minimum atomic E-state index is -4.52. The molecule has 6 nitrogen and oxygen atoms in total. The summed E-state index contributed by atoms with van der Waals surface area (Å²) in [5.74, 6) is -0.224. The Morgan fingerprint density at radius 3 is 2.57 bits per heavy atom. The maximum Gasteiger partial charge on any atom is 0.422 e. The number of nitrogens with zero attached hydrogens (tertiary/aromatic N) is 1. The van der Waals surface area contributed by atoms with Crippen molar-refractivity contribution in [3.8, 4) is 5.75 Å². The predicted molar refractivity (Wildman–Crippen MR) is 67.4 cm³/mol. The first kappa shape index (κ1) is 15.2. The molecule has 0 unspecified atom stereocenters. The molecule has 0 saturated heterocycles. The Morgan fingerprint density at radius 2 is 1.95 bits per heavy atom. The van der Waals surface area contributed by atoms with Crippen LogP contribution in [0.5, 0.6) is 5.75 Å². The summed E-state index contributed by atoms with van der Waals surface area (Å²) < 4.78 is 67.1. The first-order valence-electron chi connectivity index (χ1n) is 5.59. The summed E-state index contributed by atoms with van der Waals surface area (Å²) in [6.45, 7) is -1.52. The normalized spacial score (nSPS) is 12.1. The molecule has 0 bridgehead atoms. The van der Waals surface area contributed by atoms with E-state index >= 15 is 0 Å². The van der Waals surface area contributed by atoms with Crippen molar-refractivity contribution in [1.82, 2.24) is 10.2 Å². The zero-order valence-electron chi connectivity index (χ0n) is 10.4. The van der Waals surface area contributed by atoms with Gasteiger partial charge in [0.05, 0.1) is 11.9 Å². The van der Waals surface area contributed by atoms with Crippen LogP contribution in [0.4, 0.5) is 18.9 Å². The number of aromatic amines is 1. The Kier molecular flexibility index (Phi) is 4.07. The number of aromatic nitrogens is 2. The molecule has 1 aromatic carbocycles. The Labute approximate surface area is 118 Å². The SMILES string of the molecule is O=S(=O)(Nc1ccccc1OCC(F)(F)F)c1ccn[nH]1. The van der Waals surface area contributed by atoms with Crippen LogP contribution < -0.4 is 9.46 Å². The van der Waals surface area contributed by atoms with Gasteiger partial charge in [0.1, 0.15) is 5.75 Å². The lowest BCUT2D eigenvalue weighted by Crippen LogP contribution is -2.20. The fraction of sp³-hybridized carbons (Fsp3) is 0.182. The number of alkyl halides is 3. The number of hydrogen-bond donors (Lipinski definition) is 2. The second kappa shape index (κ2) is 5.64. The van der Waals surface area contributed by atoms with Gasteiger partial charge in [0, 0.05) is 0 Å². The van der Waals surface area contributed by atoms with E-state index < -0.39 is 22.8 Å². The van der Waals surface area contributed by atoms with Crippen LogP contribution in [0.1, 0.15) is 0 Å². The number of halogens is 3. The Morgan fingerprint density at radius 1 is 1.24 bits per heavy atom. The van der Waals surface area contributed by atoms with Crippen LogP contribution in [-0.4, -0.2) is 31.4 Å². The van der Waals surface area contributed by atoms with Gasteiger partial charge in [0.25, 0.3) is 10.0 Å².